The van der Waals surface area contributed by atoms with Crippen LogP contribution in [0.15, 0.2) is 62.3 Å². The summed E-state index contributed by atoms with van der Waals surface area (Å²) in [6.45, 7) is 6.67. The fraction of sp³-hybridized carbons (Fsp3) is 0.444. The third-order valence-electron chi connectivity index (χ3n) is 6.90. The van der Waals surface area contributed by atoms with E-state index < -0.39 is 11.9 Å². The van der Waals surface area contributed by atoms with Gasteiger partial charge < -0.3 is 19.2 Å². The number of carbonyl (C=O) groups excluding carboxylic acids is 2. The average Bonchev–Trinajstić information content (AvgIpc) is 3.30. The molecule has 2 atom stereocenters. The SMILES string of the molecule is CC1=C(C(=O)OC[C@H]2CCCO2)[C@H](c2coc3ccccc3c2=O)C2=C(CC(C)(C)CC2=O)N1. The van der Waals surface area contributed by atoms with Crippen LogP contribution in [0.2, 0.25) is 0 Å². The predicted octanol–water partition coefficient (Wildman–Crippen LogP) is 4.12. The molecule has 0 radical (unpaired) electrons. The molecule has 1 fully saturated rings. The summed E-state index contributed by atoms with van der Waals surface area (Å²) in [4.78, 5) is 40.4. The van der Waals surface area contributed by atoms with Crippen LogP contribution >= 0.6 is 0 Å². The van der Waals surface area contributed by atoms with Gasteiger partial charge in [-0.15, -0.1) is 0 Å². The van der Waals surface area contributed by atoms with E-state index in [-0.39, 0.29) is 40.5 Å². The van der Waals surface area contributed by atoms with E-state index in [0.717, 1.165) is 18.5 Å². The Labute approximate surface area is 197 Å². The van der Waals surface area contributed by atoms with Gasteiger partial charge in [0.1, 0.15) is 12.2 Å². The van der Waals surface area contributed by atoms with E-state index in [9.17, 15) is 14.4 Å². The minimum absolute atomic E-state index is 0.0757. The highest BCUT2D eigenvalue weighted by molar-refractivity contribution is 6.04. The normalized spacial score (nSPS) is 24.3. The first-order chi connectivity index (χ1) is 16.2. The van der Waals surface area contributed by atoms with E-state index in [4.69, 9.17) is 13.9 Å². The Bertz CT molecular complexity index is 1290. The third-order valence-corrected chi connectivity index (χ3v) is 6.90. The summed E-state index contributed by atoms with van der Waals surface area (Å²) in [7, 11) is 0. The van der Waals surface area contributed by atoms with Crippen molar-refractivity contribution in [1.82, 2.24) is 5.32 Å². The largest absolute Gasteiger partial charge is 0.464 e. The van der Waals surface area contributed by atoms with Gasteiger partial charge in [0.2, 0.25) is 0 Å². The molecule has 3 aliphatic rings. The predicted molar refractivity (Wildman–Crippen MR) is 126 cm³/mol. The molecule has 178 valence electrons. The molecular weight excluding hydrogens is 434 g/mol. The quantitative estimate of drug-likeness (QED) is 0.682. The van der Waals surface area contributed by atoms with Gasteiger partial charge in [0.25, 0.3) is 0 Å². The zero-order valence-corrected chi connectivity index (χ0v) is 19.7. The standard InChI is InChI=1S/C27H29NO6/c1-15-22(26(31)34-13-16-7-6-10-32-16)23(24-19(28-15)11-27(2,3)12-20(24)29)18-14-33-21-9-5-4-8-17(21)25(18)30/h4-5,8-9,14,16,23,28H,6-7,10-13H2,1-3H3/t16-,23+/m1/s1. The zero-order chi connectivity index (χ0) is 24.0. The van der Waals surface area contributed by atoms with Crippen LogP contribution in [0.4, 0.5) is 0 Å². The molecule has 7 nitrogen and oxygen atoms in total. The number of rotatable bonds is 4. The van der Waals surface area contributed by atoms with Gasteiger partial charge >= 0.3 is 5.97 Å². The van der Waals surface area contributed by atoms with Crippen molar-refractivity contribution in [2.24, 2.45) is 5.41 Å². The van der Waals surface area contributed by atoms with E-state index in [1.807, 2.05) is 13.8 Å². The van der Waals surface area contributed by atoms with Crippen LogP contribution in [0.5, 0.6) is 0 Å². The number of esters is 1. The molecule has 34 heavy (non-hydrogen) atoms. The highest BCUT2D eigenvalue weighted by Gasteiger charge is 2.44. The third kappa shape index (κ3) is 3.98. The number of ether oxygens (including phenoxy) is 2. The van der Waals surface area contributed by atoms with E-state index >= 15 is 0 Å². The lowest BCUT2D eigenvalue weighted by Gasteiger charge is -2.39. The minimum atomic E-state index is -0.849. The van der Waals surface area contributed by atoms with Crippen LogP contribution < -0.4 is 10.7 Å². The van der Waals surface area contributed by atoms with Gasteiger partial charge in [0, 0.05) is 35.6 Å². The molecule has 0 amide bonds. The van der Waals surface area contributed by atoms with Crippen LogP contribution in [0.3, 0.4) is 0 Å². The number of carbonyl (C=O) groups is 2. The molecule has 3 heterocycles. The molecule has 5 rings (SSSR count). The Hall–Kier alpha value is -3.19. The molecular formula is C27H29NO6. The first kappa shape index (κ1) is 22.6. The maximum Gasteiger partial charge on any atom is 0.336 e. The van der Waals surface area contributed by atoms with E-state index in [0.29, 0.717) is 41.7 Å². The maximum absolute atomic E-state index is 13.6. The topological polar surface area (TPSA) is 94.8 Å². The number of nitrogens with one attached hydrogen (secondary N) is 1. The van der Waals surface area contributed by atoms with Gasteiger partial charge in [-0.05, 0) is 43.7 Å². The molecule has 0 spiro atoms. The Morgan fingerprint density at radius 3 is 2.76 bits per heavy atom. The molecule has 2 aliphatic heterocycles. The molecule has 1 aliphatic carbocycles. The number of Topliss-reactive ketones (excluding diaryl/α,β-unsaturated/α-hetero) is 1. The summed E-state index contributed by atoms with van der Waals surface area (Å²) >= 11 is 0. The van der Waals surface area contributed by atoms with Crippen molar-refractivity contribution in [1.29, 1.82) is 0 Å². The number of allylic oxidation sites excluding steroid dienone is 3. The van der Waals surface area contributed by atoms with Crippen LogP contribution in [-0.2, 0) is 19.1 Å². The summed E-state index contributed by atoms with van der Waals surface area (Å²) in [6.07, 6.45) is 4.01. The number of hydrogen-bond donors (Lipinski definition) is 1. The Kier molecular flexibility index (Phi) is 5.68. The second-order valence-corrected chi connectivity index (χ2v) is 10.2. The molecule has 1 aromatic carbocycles. The number of fused-ring (bicyclic) bond motifs is 1. The van der Waals surface area contributed by atoms with Crippen molar-refractivity contribution < 1.29 is 23.5 Å². The van der Waals surface area contributed by atoms with Crippen molar-refractivity contribution >= 4 is 22.7 Å². The molecule has 0 unspecified atom stereocenters. The highest BCUT2D eigenvalue weighted by atomic mass is 16.6. The van der Waals surface area contributed by atoms with E-state index in [1.165, 1.54) is 6.26 Å². The lowest BCUT2D eigenvalue weighted by molar-refractivity contribution is -0.142. The van der Waals surface area contributed by atoms with Gasteiger partial charge in [-0.3, -0.25) is 9.59 Å². The number of hydrogen-bond acceptors (Lipinski definition) is 7. The van der Waals surface area contributed by atoms with Crippen molar-refractivity contribution in [2.45, 2.75) is 58.5 Å². The molecule has 7 heteroatoms. The monoisotopic (exact) mass is 463 g/mol. The highest BCUT2D eigenvalue weighted by Crippen LogP contribution is 2.46. The van der Waals surface area contributed by atoms with Gasteiger partial charge in [-0.25, -0.2) is 4.79 Å². The van der Waals surface area contributed by atoms with Crippen LogP contribution in [0.1, 0.15) is 57.9 Å². The summed E-state index contributed by atoms with van der Waals surface area (Å²) in [6, 6.07) is 6.97. The van der Waals surface area contributed by atoms with Crippen LogP contribution in [-0.4, -0.2) is 31.1 Å². The molecule has 2 aromatic rings. The molecule has 1 N–H and O–H groups in total. The smallest absolute Gasteiger partial charge is 0.336 e. The second kappa shape index (κ2) is 8.55. The minimum Gasteiger partial charge on any atom is -0.464 e. The molecule has 0 saturated carbocycles. The first-order valence-corrected chi connectivity index (χ1v) is 11.8. The number of ketones is 1. The number of benzene rings is 1. The first-order valence-electron chi connectivity index (χ1n) is 11.8. The fourth-order valence-corrected chi connectivity index (χ4v) is 5.33. The molecule has 1 aromatic heterocycles. The summed E-state index contributed by atoms with van der Waals surface area (Å²) in [5.74, 6) is -1.48. The second-order valence-electron chi connectivity index (χ2n) is 10.2. The van der Waals surface area contributed by atoms with Crippen LogP contribution in [0, 0.1) is 5.41 Å². The van der Waals surface area contributed by atoms with Gasteiger partial charge in [0.05, 0.1) is 29.2 Å². The zero-order valence-electron chi connectivity index (χ0n) is 19.7. The molecule has 0 bridgehead atoms. The number of dihydropyridines is 1. The van der Waals surface area contributed by atoms with E-state index in [2.05, 4.69) is 5.32 Å². The lowest BCUT2D eigenvalue weighted by atomic mass is 9.68. The van der Waals surface area contributed by atoms with Crippen molar-refractivity contribution in [3.8, 4) is 0 Å². The van der Waals surface area contributed by atoms with Gasteiger partial charge in [-0.1, -0.05) is 26.0 Å². The fourth-order valence-electron chi connectivity index (χ4n) is 5.33. The summed E-state index contributed by atoms with van der Waals surface area (Å²) in [5.41, 5.74) is 2.31. The molecule has 1 saturated heterocycles. The summed E-state index contributed by atoms with van der Waals surface area (Å²) in [5, 5.41) is 3.70. The number of para-hydroxylation sites is 1. The van der Waals surface area contributed by atoms with Crippen molar-refractivity contribution in [3.63, 3.8) is 0 Å². The van der Waals surface area contributed by atoms with Crippen LogP contribution in [0.25, 0.3) is 11.0 Å². The van der Waals surface area contributed by atoms with Gasteiger partial charge in [0.15, 0.2) is 11.2 Å². The van der Waals surface area contributed by atoms with Gasteiger partial charge in [-0.2, -0.15) is 0 Å². The average molecular weight is 464 g/mol. The van der Waals surface area contributed by atoms with E-state index in [1.54, 1.807) is 31.2 Å². The van der Waals surface area contributed by atoms with Crippen molar-refractivity contribution in [2.75, 3.05) is 13.2 Å². The van der Waals surface area contributed by atoms with Crippen molar-refractivity contribution in [3.05, 3.63) is 68.9 Å². The maximum atomic E-state index is 13.6. The Balaban J connectivity index is 1.62. The summed E-state index contributed by atoms with van der Waals surface area (Å²) < 4.78 is 17.0. The lowest BCUT2D eigenvalue weighted by Crippen LogP contribution is -2.40. The Morgan fingerprint density at radius 1 is 1.21 bits per heavy atom. The Morgan fingerprint density at radius 2 is 2.00 bits per heavy atom.